The Morgan fingerprint density at radius 3 is 3.00 bits per heavy atom. The van der Waals surface area contributed by atoms with Gasteiger partial charge in [0.25, 0.3) is 0 Å². The van der Waals surface area contributed by atoms with Crippen LogP contribution in [0.5, 0.6) is 0 Å². The number of hydrogen-bond acceptors (Lipinski definition) is 2. The number of rotatable bonds is 2. The van der Waals surface area contributed by atoms with Crippen LogP contribution in [0.15, 0.2) is 5.38 Å². The van der Waals surface area contributed by atoms with Crippen LogP contribution in [0.4, 0.5) is 0 Å². The quantitative estimate of drug-likeness (QED) is 0.627. The molecule has 1 saturated carbocycles. The SMILES string of the molecule is ClCc1csc(C2CC2)n1. The predicted molar refractivity (Wildman–Crippen MR) is 43.6 cm³/mol. The van der Waals surface area contributed by atoms with Crippen molar-refractivity contribution in [1.82, 2.24) is 4.98 Å². The molecule has 0 N–H and O–H groups in total. The van der Waals surface area contributed by atoms with Crippen LogP contribution in [0, 0.1) is 0 Å². The summed E-state index contributed by atoms with van der Waals surface area (Å²) in [7, 11) is 0. The molecule has 10 heavy (non-hydrogen) atoms. The molecule has 0 bridgehead atoms. The summed E-state index contributed by atoms with van der Waals surface area (Å²) < 4.78 is 0. The largest absolute Gasteiger partial charge is 0.245 e. The van der Waals surface area contributed by atoms with Gasteiger partial charge >= 0.3 is 0 Å². The Bertz CT molecular complexity index is 229. The maximum Gasteiger partial charge on any atom is 0.0959 e. The van der Waals surface area contributed by atoms with E-state index in [2.05, 4.69) is 10.4 Å². The van der Waals surface area contributed by atoms with Gasteiger partial charge in [-0.25, -0.2) is 4.98 Å². The molecular formula is C7H8ClNS. The minimum absolute atomic E-state index is 0.559. The van der Waals surface area contributed by atoms with Crippen LogP contribution in [0.1, 0.15) is 29.5 Å². The van der Waals surface area contributed by atoms with Crippen LogP contribution in [-0.2, 0) is 5.88 Å². The Balaban J connectivity index is 2.19. The zero-order valence-corrected chi connectivity index (χ0v) is 7.08. The van der Waals surface area contributed by atoms with Gasteiger partial charge < -0.3 is 0 Å². The van der Waals surface area contributed by atoms with E-state index in [1.807, 2.05) is 0 Å². The normalized spacial score (nSPS) is 17.7. The van der Waals surface area contributed by atoms with Gasteiger partial charge in [-0.3, -0.25) is 0 Å². The summed E-state index contributed by atoms with van der Waals surface area (Å²) in [5.41, 5.74) is 1.04. The van der Waals surface area contributed by atoms with E-state index in [0.717, 1.165) is 11.6 Å². The van der Waals surface area contributed by atoms with Gasteiger partial charge in [-0.2, -0.15) is 0 Å². The Morgan fingerprint density at radius 1 is 1.70 bits per heavy atom. The van der Waals surface area contributed by atoms with Crippen molar-refractivity contribution in [2.75, 3.05) is 0 Å². The van der Waals surface area contributed by atoms with Gasteiger partial charge in [-0.15, -0.1) is 22.9 Å². The first-order chi connectivity index (χ1) is 4.90. The summed E-state index contributed by atoms with van der Waals surface area (Å²) in [6.45, 7) is 0. The van der Waals surface area contributed by atoms with Gasteiger partial charge in [-0.1, -0.05) is 0 Å². The molecule has 1 heterocycles. The lowest BCUT2D eigenvalue weighted by Crippen LogP contribution is -1.79. The molecule has 0 spiro atoms. The van der Waals surface area contributed by atoms with Crippen molar-refractivity contribution in [3.8, 4) is 0 Å². The third kappa shape index (κ3) is 1.18. The first-order valence-corrected chi connectivity index (χ1v) is 4.82. The van der Waals surface area contributed by atoms with Crippen LogP contribution in [0.3, 0.4) is 0 Å². The molecule has 0 saturated heterocycles. The molecule has 3 heteroatoms. The van der Waals surface area contributed by atoms with Crippen LogP contribution in [0.2, 0.25) is 0 Å². The zero-order chi connectivity index (χ0) is 6.97. The fourth-order valence-electron chi connectivity index (χ4n) is 0.902. The highest BCUT2D eigenvalue weighted by molar-refractivity contribution is 7.09. The first-order valence-electron chi connectivity index (χ1n) is 3.40. The second kappa shape index (κ2) is 2.51. The van der Waals surface area contributed by atoms with Gasteiger partial charge in [0, 0.05) is 11.3 Å². The average Bonchev–Trinajstić information content (AvgIpc) is 2.70. The maximum absolute atomic E-state index is 5.61. The third-order valence-corrected chi connectivity index (χ3v) is 2.96. The highest BCUT2D eigenvalue weighted by atomic mass is 35.5. The van der Waals surface area contributed by atoms with Gasteiger partial charge in [0.15, 0.2) is 0 Å². The van der Waals surface area contributed by atoms with E-state index >= 15 is 0 Å². The van der Waals surface area contributed by atoms with Crippen LogP contribution in [0.25, 0.3) is 0 Å². The van der Waals surface area contributed by atoms with E-state index in [0.29, 0.717) is 5.88 Å². The number of hydrogen-bond donors (Lipinski definition) is 0. The summed E-state index contributed by atoms with van der Waals surface area (Å²) in [6.07, 6.45) is 2.66. The fourth-order valence-corrected chi connectivity index (χ4v) is 2.12. The van der Waals surface area contributed by atoms with Crippen molar-refractivity contribution >= 4 is 22.9 Å². The van der Waals surface area contributed by atoms with Crippen molar-refractivity contribution in [2.45, 2.75) is 24.6 Å². The lowest BCUT2D eigenvalue weighted by Gasteiger charge is -1.84. The summed E-state index contributed by atoms with van der Waals surface area (Å²) >= 11 is 7.36. The molecular weight excluding hydrogens is 166 g/mol. The number of halogens is 1. The summed E-state index contributed by atoms with van der Waals surface area (Å²) in [6, 6.07) is 0. The Kier molecular flexibility index (Phi) is 1.66. The number of nitrogens with zero attached hydrogens (tertiary/aromatic N) is 1. The van der Waals surface area contributed by atoms with Crippen molar-refractivity contribution in [3.63, 3.8) is 0 Å². The second-order valence-corrected chi connectivity index (χ2v) is 3.74. The molecule has 0 atom stereocenters. The molecule has 1 fully saturated rings. The smallest absolute Gasteiger partial charge is 0.0959 e. The van der Waals surface area contributed by atoms with Gasteiger partial charge in [0.2, 0.25) is 0 Å². The minimum Gasteiger partial charge on any atom is -0.245 e. The van der Waals surface area contributed by atoms with Crippen LogP contribution >= 0.6 is 22.9 Å². The Labute approximate surface area is 69.0 Å². The Hall–Kier alpha value is -0.0800. The topological polar surface area (TPSA) is 12.9 Å². The highest BCUT2D eigenvalue weighted by Crippen LogP contribution is 2.41. The van der Waals surface area contributed by atoms with Gasteiger partial charge in [-0.05, 0) is 12.8 Å². The van der Waals surface area contributed by atoms with Gasteiger partial charge in [0.1, 0.15) is 0 Å². The van der Waals surface area contributed by atoms with E-state index in [9.17, 15) is 0 Å². The fraction of sp³-hybridized carbons (Fsp3) is 0.571. The molecule has 0 radical (unpaired) electrons. The maximum atomic E-state index is 5.61. The monoisotopic (exact) mass is 173 g/mol. The molecule has 0 aliphatic heterocycles. The molecule has 0 unspecified atom stereocenters. The molecule has 1 aliphatic carbocycles. The number of alkyl halides is 1. The van der Waals surface area contributed by atoms with E-state index in [4.69, 9.17) is 11.6 Å². The number of thiazole rings is 1. The minimum atomic E-state index is 0.559. The second-order valence-electron chi connectivity index (χ2n) is 2.58. The average molecular weight is 174 g/mol. The van der Waals surface area contributed by atoms with E-state index < -0.39 is 0 Å². The summed E-state index contributed by atoms with van der Waals surface area (Å²) in [5, 5.41) is 3.34. The molecule has 0 amide bonds. The first kappa shape index (κ1) is 6.62. The molecule has 0 aromatic carbocycles. The van der Waals surface area contributed by atoms with Crippen molar-refractivity contribution in [2.24, 2.45) is 0 Å². The lowest BCUT2D eigenvalue weighted by atomic mass is 10.4. The number of aromatic nitrogens is 1. The Morgan fingerprint density at radius 2 is 2.50 bits per heavy atom. The molecule has 1 aliphatic rings. The van der Waals surface area contributed by atoms with Crippen molar-refractivity contribution in [3.05, 3.63) is 16.1 Å². The molecule has 2 rings (SSSR count). The van der Waals surface area contributed by atoms with E-state index in [1.54, 1.807) is 11.3 Å². The van der Waals surface area contributed by atoms with Crippen LogP contribution < -0.4 is 0 Å². The molecule has 1 aromatic rings. The summed E-state index contributed by atoms with van der Waals surface area (Å²) in [5.74, 6) is 1.34. The molecule has 1 nitrogen and oxygen atoms in total. The highest BCUT2D eigenvalue weighted by Gasteiger charge is 2.26. The van der Waals surface area contributed by atoms with Gasteiger partial charge in [0.05, 0.1) is 16.6 Å². The standard InChI is InChI=1S/C7H8ClNS/c8-3-6-4-10-7(9-6)5-1-2-5/h4-5H,1-3H2. The summed E-state index contributed by atoms with van der Waals surface area (Å²) in [4.78, 5) is 4.38. The van der Waals surface area contributed by atoms with Crippen LogP contribution in [-0.4, -0.2) is 4.98 Å². The van der Waals surface area contributed by atoms with Crippen molar-refractivity contribution < 1.29 is 0 Å². The van der Waals surface area contributed by atoms with E-state index in [-0.39, 0.29) is 0 Å². The lowest BCUT2D eigenvalue weighted by molar-refractivity contribution is 1.05. The molecule has 1 aromatic heterocycles. The third-order valence-electron chi connectivity index (χ3n) is 1.63. The molecule has 54 valence electrons. The predicted octanol–water partition coefficient (Wildman–Crippen LogP) is 2.76. The zero-order valence-electron chi connectivity index (χ0n) is 5.51. The van der Waals surface area contributed by atoms with E-state index in [1.165, 1.54) is 17.8 Å². The van der Waals surface area contributed by atoms with Crippen molar-refractivity contribution in [1.29, 1.82) is 0 Å².